The van der Waals surface area contributed by atoms with Gasteiger partial charge in [0.05, 0.1) is 12.6 Å². The fraction of sp³-hybridized carbons (Fsp3) is 0.833. The lowest BCUT2D eigenvalue weighted by Gasteiger charge is -2.12. The molecule has 0 bridgehead atoms. The molecule has 0 fully saturated rings. The van der Waals surface area contributed by atoms with Gasteiger partial charge in [0.2, 0.25) is 5.91 Å². The monoisotopic (exact) mass is 162 g/mol. The van der Waals surface area contributed by atoms with Crippen molar-refractivity contribution in [3.8, 4) is 0 Å². The van der Waals surface area contributed by atoms with Crippen molar-refractivity contribution in [2.24, 2.45) is 0 Å². The third-order valence-corrected chi connectivity index (χ3v) is 1.41. The first-order valence-corrected chi connectivity index (χ1v) is 3.41. The maximum Gasteiger partial charge on any atom is 0.236 e. The van der Waals surface area contributed by atoms with Crippen molar-refractivity contribution in [1.82, 2.24) is 10.6 Å². The highest BCUT2D eigenvalue weighted by molar-refractivity contribution is 5.81. The van der Waals surface area contributed by atoms with Gasteiger partial charge in [-0.2, -0.15) is 0 Å². The van der Waals surface area contributed by atoms with E-state index in [-0.39, 0.29) is 18.6 Å². The maximum absolute atomic E-state index is 10.9. The van der Waals surface area contributed by atoms with Gasteiger partial charge in [-0.15, -0.1) is 0 Å². The molecule has 0 aromatic carbocycles. The summed E-state index contributed by atoms with van der Waals surface area (Å²) in [6.07, 6.45) is 0.451. The van der Waals surface area contributed by atoms with Crippen molar-refractivity contribution >= 4 is 5.91 Å². The molecule has 3 N–H and O–H groups in total. The summed E-state index contributed by atoms with van der Waals surface area (Å²) < 4.78 is 0. The average Bonchev–Trinajstić information content (AvgIpc) is 2.05. The van der Waals surface area contributed by atoms with Gasteiger partial charge in [-0.25, -0.2) is 4.89 Å². The van der Waals surface area contributed by atoms with Gasteiger partial charge < -0.3 is 10.6 Å². The van der Waals surface area contributed by atoms with Gasteiger partial charge in [-0.1, -0.05) is 0 Å². The molecule has 0 radical (unpaired) electrons. The van der Waals surface area contributed by atoms with Crippen molar-refractivity contribution < 1.29 is 14.9 Å². The quantitative estimate of drug-likeness (QED) is 0.365. The summed E-state index contributed by atoms with van der Waals surface area (Å²) in [6, 6.07) is -0.299. The van der Waals surface area contributed by atoms with E-state index < -0.39 is 0 Å². The van der Waals surface area contributed by atoms with Crippen molar-refractivity contribution in [3.05, 3.63) is 0 Å². The maximum atomic E-state index is 10.9. The number of nitrogens with one attached hydrogen (secondary N) is 2. The van der Waals surface area contributed by atoms with Crippen molar-refractivity contribution in [1.29, 1.82) is 0 Å². The Morgan fingerprint density at radius 2 is 2.27 bits per heavy atom. The van der Waals surface area contributed by atoms with Gasteiger partial charge in [0.1, 0.15) is 0 Å². The largest absolute Gasteiger partial charge is 0.358 e. The molecule has 0 aliphatic rings. The first-order chi connectivity index (χ1) is 5.26. The Morgan fingerprint density at radius 1 is 1.64 bits per heavy atom. The predicted octanol–water partition coefficient (Wildman–Crippen LogP) is -0.800. The lowest BCUT2D eigenvalue weighted by atomic mass is 10.2. The van der Waals surface area contributed by atoms with E-state index >= 15 is 0 Å². The molecule has 0 aromatic rings. The number of amides is 1. The summed E-state index contributed by atoms with van der Waals surface area (Å²) in [5.41, 5.74) is 0. The minimum absolute atomic E-state index is 0.107. The summed E-state index contributed by atoms with van der Waals surface area (Å²) in [5, 5.41) is 13.3. The van der Waals surface area contributed by atoms with Crippen LogP contribution in [0.25, 0.3) is 0 Å². The number of rotatable bonds is 5. The Bertz CT molecular complexity index is 118. The SMILES string of the molecule is CNC(=O)C(CCOO)NC. The molecule has 0 saturated heterocycles. The van der Waals surface area contributed by atoms with Crippen LogP contribution < -0.4 is 10.6 Å². The number of carbonyl (C=O) groups is 1. The van der Waals surface area contributed by atoms with Gasteiger partial charge in [-0.3, -0.25) is 10.1 Å². The zero-order valence-electron chi connectivity index (χ0n) is 6.76. The average molecular weight is 162 g/mol. The minimum atomic E-state index is -0.299. The normalized spacial score (nSPS) is 12.6. The lowest BCUT2D eigenvalue weighted by Crippen LogP contribution is -2.41. The second-order valence-corrected chi connectivity index (χ2v) is 2.08. The molecule has 0 saturated carbocycles. The second-order valence-electron chi connectivity index (χ2n) is 2.08. The number of carbonyl (C=O) groups excluding carboxylic acids is 1. The fourth-order valence-corrected chi connectivity index (χ4v) is 0.751. The van der Waals surface area contributed by atoms with Crippen LogP contribution in [0.4, 0.5) is 0 Å². The van der Waals surface area contributed by atoms with Crippen molar-refractivity contribution in [2.45, 2.75) is 12.5 Å². The zero-order valence-corrected chi connectivity index (χ0v) is 6.76. The standard InChI is InChI=1S/C6H14N2O3/c1-7-5(3-4-11-10)6(9)8-2/h5,7,10H,3-4H2,1-2H3,(H,8,9). The van der Waals surface area contributed by atoms with Gasteiger partial charge in [-0.05, 0) is 13.5 Å². The Morgan fingerprint density at radius 3 is 2.64 bits per heavy atom. The van der Waals surface area contributed by atoms with E-state index in [4.69, 9.17) is 5.26 Å². The number of hydrogen-bond acceptors (Lipinski definition) is 4. The van der Waals surface area contributed by atoms with E-state index in [9.17, 15) is 4.79 Å². The third kappa shape index (κ3) is 3.92. The van der Waals surface area contributed by atoms with Crippen LogP contribution in [0.1, 0.15) is 6.42 Å². The fourth-order valence-electron chi connectivity index (χ4n) is 0.751. The Balaban J connectivity index is 3.65. The molecule has 0 spiro atoms. The van der Waals surface area contributed by atoms with E-state index in [1.54, 1.807) is 14.1 Å². The zero-order chi connectivity index (χ0) is 8.69. The van der Waals surface area contributed by atoms with Crippen LogP contribution in [0, 0.1) is 0 Å². The summed E-state index contributed by atoms with van der Waals surface area (Å²) in [4.78, 5) is 14.8. The summed E-state index contributed by atoms with van der Waals surface area (Å²) in [5.74, 6) is -0.107. The Hall–Kier alpha value is -0.650. The molecule has 0 aromatic heterocycles. The minimum Gasteiger partial charge on any atom is -0.358 e. The smallest absolute Gasteiger partial charge is 0.236 e. The van der Waals surface area contributed by atoms with Crippen LogP contribution >= 0.6 is 0 Å². The molecular weight excluding hydrogens is 148 g/mol. The van der Waals surface area contributed by atoms with Gasteiger partial charge in [0, 0.05) is 7.05 Å². The van der Waals surface area contributed by atoms with Gasteiger partial charge in [0.15, 0.2) is 0 Å². The molecule has 1 unspecified atom stereocenters. The highest BCUT2D eigenvalue weighted by Crippen LogP contribution is 1.90. The molecule has 11 heavy (non-hydrogen) atoms. The highest BCUT2D eigenvalue weighted by atomic mass is 17.1. The summed E-state index contributed by atoms with van der Waals surface area (Å²) >= 11 is 0. The van der Waals surface area contributed by atoms with Crippen LogP contribution in [0.2, 0.25) is 0 Å². The summed E-state index contributed by atoms with van der Waals surface area (Å²) in [6.45, 7) is 0.152. The van der Waals surface area contributed by atoms with Crippen LogP contribution in [0.3, 0.4) is 0 Å². The lowest BCUT2D eigenvalue weighted by molar-refractivity contribution is -0.243. The first kappa shape index (κ1) is 10.3. The molecule has 0 heterocycles. The molecule has 0 rings (SSSR count). The summed E-state index contributed by atoms with van der Waals surface area (Å²) in [7, 11) is 3.24. The van der Waals surface area contributed by atoms with E-state index in [0.717, 1.165) is 0 Å². The van der Waals surface area contributed by atoms with Crippen molar-refractivity contribution in [3.63, 3.8) is 0 Å². The third-order valence-electron chi connectivity index (χ3n) is 1.41. The van der Waals surface area contributed by atoms with Crippen LogP contribution in [-0.2, 0) is 9.68 Å². The topological polar surface area (TPSA) is 70.6 Å². The molecule has 1 atom stereocenters. The van der Waals surface area contributed by atoms with Gasteiger partial charge >= 0.3 is 0 Å². The van der Waals surface area contributed by atoms with E-state index in [1.165, 1.54) is 0 Å². The molecule has 5 nitrogen and oxygen atoms in total. The number of likely N-dealkylation sites (N-methyl/N-ethyl adjacent to an activating group) is 2. The molecule has 66 valence electrons. The van der Waals surface area contributed by atoms with Gasteiger partial charge in [0.25, 0.3) is 0 Å². The van der Waals surface area contributed by atoms with Crippen LogP contribution in [0.5, 0.6) is 0 Å². The molecular formula is C6H14N2O3. The molecule has 0 aliphatic heterocycles. The van der Waals surface area contributed by atoms with Crippen LogP contribution in [0.15, 0.2) is 0 Å². The Labute approximate surface area is 65.7 Å². The van der Waals surface area contributed by atoms with E-state index in [2.05, 4.69) is 15.5 Å². The molecule has 5 heteroatoms. The van der Waals surface area contributed by atoms with Crippen LogP contribution in [-0.4, -0.2) is 37.9 Å². The predicted molar refractivity (Wildman–Crippen MR) is 40.1 cm³/mol. The Kier molecular flexibility index (Phi) is 5.73. The first-order valence-electron chi connectivity index (χ1n) is 3.41. The van der Waals surface area contributed by atoms with Crippen molar-refractivity contribution in [2.75, 3.05) is 20.7 Å². The van der Waals surface area contributed by atoms with E-state index in [1.807, 2.05) is 0 Å². The second kappa shape index (κ2) is 6.09. The number of hydrogen-bond donors (Lipinski definition) is 3. The molecule has 1 amide bonds. The highest BCUT2D eigenvalue weighted by Gasteiger charge is 2.13. The molecule has 0 aliphatic carbocycles. The van der Waals surface area contributed by atoms with E-state index in [0.29, 0.717) is 6.42 Å².